The lowest BCUT2D eigenvalue weighted by Crippen LogP contribution is -2.54. The quantitative estimate of drug-likeness (QED) is 0.773. The van der Waals surface area contributed by atoms with Crippen molar-refractivity contribution in [3.05, 3.63) is 35.4 Å². The van der Waals surface area contributed by atoms with E-state index in [1.54, 1.807) is 12.1 Å². The number of benzene rings is 1. The molecule has 132 valence electrons. The SMILES string of the molecule is Cc1ccc(C(=O)NC(C(=O)NC2CCNC(C)C2)C(C)C)cc1. The lowest BCUT2D eigenvalue weighted by atomic mass is 9.98. The summed E-state index contributed by atoms with van der Waals surface area (Å²) in [5.41, 5.74) is 1.68. The smallest absolute Gasteiger partial charge is 0.251 e. The van der Waals surface area contributed by atoms with Gasteiger partial charge >= 0.3 is 0 Å². The zero-order valence-corrected chi connectivity index (χ0v) is 15.1. The van der Waals surface area contributed by atoms with E-state index in [9.17, 15) is 9.59 Å². The van der Waals surface area contributed by atoms with E-state index in [1.165, 1.54) is 0 Å². The van der Waals surface area contributed by atoms with Gasteiger partial charge in [-0.3, -0.25) is 9.59 Å². The van der Waals surface area contributed by atoms with Crippen LogP contribution in [0.2, 0.25) is 0 Å². The molecule has 1 heterocycles. The summed E-state index contributed by atoms with van der Waals surface area (Å²) in [6.45, 7) is 8.91. The Balaban J connectivity index is 1.98. The summed E-state index contributed by atoms with van der Waals surface area (Å²) in [5, 5.41) is 9.36. The Morgan fingerprint density at radius 3 is 2.46 bits per heavy atom. The second-order valence-corrected chi connectivity index (χ2v) is 7.15. The Kier molecular flexibility index (Phi) is 6.37. The average Bonchev–Trinajstić information content (AvgIpc) is 2.52. The topological polar surface area (TPSA) is 70.2 Å². The van der Waals surface area contributed by atoms with E-state index in [-0.39, 0.29) is 23.8 Å². The van der Waals surface area contributed by atoms with Crippen LogP contribution in [0.25, 0.3) is 0 Å². The minimum atomic E-state index is -0.524. The van der Waals surface area contributed by atoms with Gasteiger partial charge in [0.25, 0.3) is 5.91 Å². The van der Waals surface area contributed by atoms with Gasteiger partial charge in [0.15, 0.2) is 0 Å². The Morgan fingerprint density at radius 2 is 1.88 bits per heavy atom. The molecule has 0 aliphatic carbocycles. The molecule has 0 radical (unpaired) electrons. The molecule has 24 heavy (non-hydrogen) atoms. The minimum Gasteiger partial charge on any atom is -0.351 e. The molecular weight excluding hydrogens is 302 g/mol. The predicted molar refractivity (Wildman–Crippen MR) is 95.9 cm³/mol. The van der Waals surface area contributed by atoms with Crippen molar-refractivity contribution in [1.82, 2.24) is 16.0 Å². The number of aryl methyl sites for hydroxylation is 1. The number of hydrogen-bond donors (Lipinski definition) is 3. The second-order valence-electron chi connectivity index (χ2n) is 7.15. The van der Waals surface area contributed by atoms with Gasteiger partial charge in [0.05, 0.1) is 0 Å². The molecule has 0 spiro atoms. The van der Waals surface area contributed by atoms with E-state index in [4.69, 9.17) is 0 Å². The van der Waals surface area contributed by atoms with E-state index in [2.05, 4.69) is 22.9 Å². The summed E-state index contributed by atoms with van der Waals surface area (Å²) in [5.74, 6) is -0.273. The Hall–Kier alpha value is -1.88. The van der Waals surface area contributed by atoms with Gasteiger partial charge in [-0.25, -0.2) is 0 Å². The Bertz CT molecular complexity index is 568. The van der Waals surface area contributed by atoms with Crippen molar-refractivity contribution < 1.29 is 9.59 Å². The van der Waals surface area contributed by atoms with Crippen LogP contribution in [-0.2, 0) is 4.79 Å². The molecule has 2 rings (SSSR count). The average molecular weight is 331 g/mol. The largest absolute Gasteiger partial charge is 0.351 e. The number of rotatable bonds is 5. The molecule has 0 aromatic heterocycles. The third kappa shape index (κ3) is 5.06. The zero-order valence-electron chi connectivity index (χ0n) is 15.1. The third-order valence-electron chi connectivity index (χ3n) is 4.52. The van der Waals surface area contributed by atoms with Gasteiger partial charge < -0.3 is 16.0 Å². The van der Waals surface area contributed by atoms with Crippen molar-refractivity contribution >= 4 is 11.8 Å². The number of carbonyl (C=O) groups excluding carboxylic acids is 2. The van der Waals surface area contributed by atoms with Gasteiger partial charge in [0.2, 0.25) is 5.91 Å². The van der Waals surface area contributed by atoms with Crippen LogP contribution in [0.5, 0.6) is 0 Å². The number of hydrogen-bond acceptors (Lipinski definition) is 3. The maximum atomic E-state index is 12.6. The van der Waals surface area contributed by atoms with Gasteiger partial charge in [-0.05, 0) is 51.3 Å². The first-order valence-corrected chi connectivity index (χ1v) is 8.78. The highest BCUT2D eigenvalue weighted by Gasteiger charge is 2.28. The van der Waals surface area contributed by atoms with Gasteiger partial charge in [-0.15, -0.1) is 0 Å². The van der Waals surface area contributed by atoms with E-state index < -0.39 is 6.04 Å². The van der Waals surface area contributed by atoms with Crippen LogP contribution in [0.1, 0.15) is 49.5 Å². The fourth-order valence-electron chi connectivity index (χ4n) is 3.02. The molecule has 3 atom stereocenters. The van der Waals surface area contributed by atoms with Gasteiger partial charge in [0.1, 0.15) is 6.04 Å². The molecule has 0 saturated carbocycles. The summed E-state index contributed by atoms with van der Waals surface area (Å²) in [7, 11) is 0. The molecular formula is C19H29N3O2. The lowest BCUT2D eigenvalue weighted by molar-refractivity contribution is -0.124. The van der Waals surface area contributed by atoms with Gasteiger partial charge in [0, 0.05) is 17.6 Å². The van der Waals surface area contributed by atoms with Crippen LogP contribution < -0.4 is 16.0 Å². The molecule has 3 N–H and O–H groups in total. The molecule has 1 aliphatic rings. The third-order valence-corrected chi connectivity index (χ3v) is 4.52. The fraction of sp³-hybridized carbons (Fsp3) is 0.579. The molecule has 5 nitrogen and oxygen atoms in total. The van der Waals surface area contributed by atoms with E-state index in [0.29, 0.717) is 11.6 Å². The highest BCUT2D eigenvalue weighted by molar-refractivity contribution is 5.97. The van der Waals surface area contributed by atoms with E-state index >= 15 is 0 Å². The van der Waals surface area contributed by atoms with Crippen molar-refractivity contribution in [2.75, 3.05) is 6.54 Å². The number of nitrogens with one attached hydrogen (secondary N) is 3. The Morgan fingerprint density at radius 1 is 1.21 bits per heavy atom. The molecule has 1 aromatic rings. The molecule has 5 heteroatoms. The molecule has 3 unspecified atom stereocenters. The van der Waals surface area contributed by atoms with E-state index in [0.717, 1.165) is 24.9 Å². The van der Waals surface area contributed by atoms with Crippen molar-refractivity contribution in [1.29, 1.82) is 0 Å². The van der Waals surface area contributed by atoms with Gasteiger partial charge in [-0.2, -0.15) is 0 Å². The minimum absolute atomic E-state index is 0.0264. The molecule has 1 aromatic carbocycles. The first-order valence-electron chi connectivity index (χ1n) is 8.78. The number of piperidine rings is 1. The normalized spacial score (nSPS) is 22.0. The molecule has 1 fully saturated rings. The number of amides is 2. The molecule has 0 bridgehead atoms. The maximum absolute atomic E-state index is 12.6. The first-order chi connectivity index (χ1) is 11.4. The van der Waals surface area contributed by atoms with Crippen molar-refractivity contribution in [3.8, 4) is 0 Å². The van der Waals surface area contributed by atoms with Crippen molar-refractivity contribution in [2.24, 2.45) is 5.92 Å². The second kappa shape index (κ2) is 8.29. The standard InChI is InChI=1S/C19H29N3O2/c1-12(2)17(19(24)21-16-9-10-20-14(4)11-16)22-18(23)15-7-5-13(3)6-8-15/h5-8,12,14,16-17,20H,9-11H2,1-4H3,(H,21,24)(H,22,23). The van der Waals surface area contributed by atoms with Crippen LogP contribution in [0.4, 0.5) is 0 Å². The van der Waals surface area contributed by atoms with Crippen molar-refractivity contribution in [2.45, 2.75) is 58.7 Å². The lowest BCUT2D eigenvalue weighted by Gasteiger charge is -2.31. The monoisotopic (exact) mass is 331 g/mol. The highest BCUT2D eigenvalue weighted by atomic mass is 16.2. The molecule has 1 saturated heterocycles. The summed E-state index contributed by atoms with van der Waals surface area (Å²) in [4.78, 5) is 25.1. The van der Waals surface area contributed by atoms with Crippen LogP contribution in [-0.4, -0.2) is 36.5 Å². The van der Waals surface area contributed by atoms with E-state index in [1.807, 2.05) is 32.9 Å². The molecule has 1 aliphatic heterocycles. The summed E-state index contributed by atoms with van der Waals surface area (Å²) in [6, 6.07) is 7.42. The Labute approximate surface area is 144 Å². The highest BCUT2D eigenvalue weighted by Crippen LogP contribution is 2.11. The zero-order chi connectivity index (χ0) is 17.7. The molecule has 2 amide bonds. The maximum Gasteiger partial charge on any atom is 0.251 e. The number of carbonyl (C=O) groups is 2. The first kappa shape index (κ1) is 18.5. The van der Waals surface area contributed by atoms with Crippen molar-refractivity contribution in [3.63, 3.8) is 0 Å². The summed E-state index contributed by atoms with van der Waals surface area (Å²) in [6.07, 6.45) is 1.84. The van der Waals surface area contributed by atoms with Gasteiger partial charge in [-0.1, -0.05) is 31.5 Å². The van der Waals surface area contributed by atoms with Crippen LogP contribution >= 0.6 is 0 Å². The predicted octanol–water partition coefficient (Wildman–Crippen LogP) is 2.01. The van der Waals surface area contributed by atoms with Crippen LogP contribution in [0.15, 0.2) is 24.3 Å². The summed E-state index contributed by atoms with van der Waals surface area (Å²) >= 11 is 0. The fourth-order valence-corrected chi connectivity index (χ4v) is 3.02. The van der Waals surface area contributed by atoms with Crippen LogP contribution in [0, 0.1) is 12.8 Å². The summed E-state index contributed by atoms with van der Waals surface area (Å²) < 4.78 is 0. The van der Waals surface area contributed by atoms with Crippen LogP contribution in [0.3, 0.4) is 0 Å².